The van der Waals surface area contributed by atoms with E-state index in [0.717, 1.165) is 6.26 Å². The first kappa shape index (κ1) is 13.5. The van der Waals surface area contributed by atoms with E-state index in [1.54, 1.807) is 0 Å². The number of hydrogen-bond acceptors (Lipinski definition) is 5. The highest BCUT2D eigenvalue weighted by atomic mass is 35.5. The van der Waals surface area contributed by atoms with Crippen molar-refractivity contribution in [1.29, 1.82) is 0 Å². The van der Waals surface area contributed by atoms with Gasteiger partial charge in [-0.05, 0) is 0 Å². The third kappa shape index (κ3) is 6.93. The second-order valence-corrected chi connectivity index (χ2v) is 4.36. The SMILES string of the molecule is COC(=O)NC[C@@H](CCl)OS(C)(=O)=O. The molecule has 1 amide bonds. The third-order valence-electron chi connectivity index (χ3n) is 1.14. The highest BCUT2D eigenvalue weighted by Crippen LogP contribution is 1.99. The van der Waals surface area contributed by atoms with Crippen molar-refractivity contribution in [2.75, 3.05) is 25.8 Å². The fourth-order valence-corrected chi connectivity index (χ4v) is 1.51. The van der Waals surface area contributed by atoms with Gasteiger partial charge < -0.3 is 10.1 Å². The van der Waals surface area contributed by atoms with Crippen LogP contribution in [0.15, 0.2) is 0 Å². The molecule has 14 heavy (non-hydrogen) atoms. The van der Waals surface area contributed by atoms with Crippen LogP contribution in [0.1, 0.15) is 0 Å². The van der Waals surface area contributed by atoms with Gasteiger partial charge >= 0.3 is 6.09 Å². The second kappa shape index (κ2) is 6.05. The van der Waals surface area contributed by atoms with E-state index in [9.17, 15) is 13.2 Å². The molecule has 84 valence electrons. The normalized spacial score (nSPS) is 13.4. The Bertz CT molecular complexity index is 278. The monoisotopic (exact) mass is 245 g/mol. The van der Waals surface area contributed by atoms with Gasteiger partial charge in [-0.25, -0.2) is 4.79 Å². The summed E-state index contributed by atoms with van der Waals surface area (Å²) in [5.74, 6) is -0.0446. The Morgan fingerprint density at radius 3 is 2.50 bits per heavy atom. The van der Waals surface area contributed by atoms with Crippen LogP contribution in [0.2, 0.25) is 0 Å². The third-order valence-corrected chi connectivity index (χ3v) is 2.11. The van der Waals surface area contributed by atoms with Gasteiger partial charge in [-0.1, -0.05) is 0 Å². The fourth-order valence-electron chi connectivity index (χ4n) is 0.631. The highest BCUT2D eigenvalue weighted by Gasteiger charge is 2.15. The zero-order chi connectivity index (χ0) is 11.2. The fraction of sp³-hybridized carbons (Fsp3) is 0.833. The number of carbonyl (C=O) groups is 1. The first-order valence-corrected chi connectivity index (χ1v) is 6.00. The smallest absolute Gasteiger partial charge is 0.406 e. The van der Waals surface area contributed by atoms with Crippen LogP contribution in [0.25, 0.3) is 0 Å². The van der Waals surface area contributed by atoms with Gasteiger partial charge in [-0.2, -0.15) is 8.42 Å². The molecule has 0 spiro atoms. The Labute approximate surface area is 87.6 Å². The Kier molecular flexibility index (Phi) is 5.82. The molecular weight excluding hydrogens is 234 g/mol. The van der Waals surface area contributed by atoms with E-state index in [0.29, 0.717) is 0 Å². The lowest BCUT2D eigenvalue weighted by atomic mass is 10.4. The summed E-state index contributed by atoms with van der Waals surface area (Å²) in [5, 5.41) is 2.27. The minimum Gasteiger partial charge on any atom is -0.453 e. The summed E-state index contributed by atoms with van der Waals surface area (Å²) in [4.78, 5) is 10.6. The zero-order valence-corrected chi connectivity index (χ0v) is 9.39. The van der Waals surface area contributed by atoms with Crippen LogP contribution in [0.4, 0.5) is 4.79 Å². The molecule has 0 radical (unpaired) electrons. The predicted molar refractivity (Wildman–Crippen MR) is 50.8 cm³/mol. The van der Waals surface area contributed by atoms with E-state index in [-0.39, 0.29) is 12.4 Å². The van der Waals surface area contributed by atoms with Crippen molar-refractivity contribution < 1.29 is 22.1 Å². The molecule has 0 bridgehead atoms. The van der Waals surface area contributed by atoms with E-state index in [4.69, 9.17) is 11.6 Å². The van der Waals surface area contributed by atoms with Crippen LogP contribution in [-0.4, -0.2) is 46.4 Å². The van der Waals surface area contributed by atoms with Crippen molar-refractivity contribution >= 4 is 27.8 Å². The molecule has 1 N–H and O–H groups in total. The van der Waals surface area contributed by atoms with Gasteiger partial charge in [0.1, 0.15) is 6.10 Å². The molecule has 0 aromatic rings. The van der Waals surface area contributed by atoms with E-state index >= 15 is 0 Å². The topological polar surface area (TPSA) is 81.7 Å². The predicted octanol–water partition coefficient (Wildman–Crippen LogP) is -0.0740. The molecule has 0 unspecified atom stereocenters. The molecule has 0 saturated heterocycles. The number of hydrogen-bond donors (Lipinski definition) is 1. The van der Waals surface area contributed by atoms with Crippen LogP contribution in [0.5, 0.6) is 0 Å². The number of amides is 1. The standard InChI is InChI=1S/C6H12ClNO5S/c1-12-6(9)8-4-5(3-7)13-14(2,10)11/h5H,3-4H2,1-2H3,(H,8,9)/t5-/m1/s1. The molecule has 6 nitrogen and oxygen atoms in total. The van der Waals surface area contributed by atoms with E-state index < -0.39 is 22.3 Å². The molecule has 8 heteroatoms. The van der Waals surface area contributed by atoms with Crippen LogP contribution in [-0.2, 0) is 19.0 Å². The van der Waals surface area contributed by atoms with E-state index in [1.165, 1.54) is 7.11 Å². The lowest BCUT2D eigenvalue weighted by molar-refractivity contribution is 0.161. The van der Waals surface area contributed by atoms with E-state index in [2.05, 4.69) is 14.2 Å². The van der Waals surface area contributed by atoms with Crippen LogP contribution in [0.3, 0.4) is 0 Å². The number of nitrogens with one attached hydrogen (secondary N) is 1. The average molecular weight is 246 g/mol. The van der Waals surface area contributed by atoms with E-state index in [1.807, 2.05) is 0 Å². The van der Waals surface area contributed by atoms with Gasteiger partial charge in [0, 0.05) is 6.54 Å². The first-order chi connectivity index (χ1) is 6.39. The largest absolute Gasteiger partial charge is 0.453 e. The maximum Gasteiger partial charge on any atom is 0.406 e. The van der Waals surface area contributed by atoms with Crippen molar-refractivity contribution in [3.05, 3.63) is 0 Å². The van der Waals surface area contributed by atoms with Crippen LogP contribution in [0, 0.1) is 0 Å². The lowest BCUT2D eigenvalue weighted by Crippen LogP contribution is -2.35. The number of halogens is 1. The molecule has 0 aliphatic rings. The van der Waals surface area contributed by atoms with Gasteiger partial charge in [0.05, 0.1) is 19.2 Å². The van der Waals surface area contributed by atoms with Gasteiger partial charge in [-0.3, -0.25) is 4.18 Å². The second-order valence-electron chi connectivity index (χ2n) is 2.45. The summed E-state index contributed by atoms with van der Waals surface area (Å²) in [5.41, 5.74) is 0. The van der Waals surface area contributed by atoms with Crippen molar-refractivity contribution in [3.8, 4) is 0 Å². The Hall–Kier alpha value is -0.530. The van der Waals surface area contributed by atoms with Crippen molar-refractivity contribution in [1.82, 2.24) is 5.32 Å². The van der Waals surface area contributed by atoms with Crippen LogP contribution >= 0.6 is 11.6 Å². The number of methoxy groups -OCH3 is 1. The van der Waals surface area contributed by atoms with Crippen LogP contribution < -0.4 is 5.32 Å². The first-order valence-electron chi connectivity index (χ1n) is 3.65. The number of alkyl carbamates (subject to hydrolysis) is 1. The molecule has 0 aromatic carbocycles. The summed E-state index contributed by atoms with van der Waals surface area (Å²) in [6, 6.07) is 0. The molecule has 0 rings (SSSR count). The molecule has 0 aromatic heterocycles. The van der Waals surface area contributed by atoms with Gasteiger partial charge in [-0.15, -0.1) is 11.6 Å². The molecule has 0 aliphatic heterocycles. The average Bonchev–Trinajstić information content (AvgIpc) is 2.09. The maximum atomic E-state index is 10.7. The zero-order valence-electron chi connectivity index (χ0n) is 7.82. The summed E-state index contributed by atoms with van der Waals surface area (Å²) >= 11 is 5.42. The molecule has 0 fully saturated rings. The van der Waals surface area contributed by atoms with Gasteiger partial charge in [0.25, 0.3) is 10.1 Å². The van der Waals surface area contributed by atoms with Crippen molar-refractivity contribution in [2.24, 2.45) is 0 Å². The summed E-state index contributed by atoms with van der Waals surface area (Å²) < 4.78 is 30.2. The summed E-state index contributed by atoms with van der Waals surface area (Å²) in [6.45, 7) is -0.0246. The molecular formula is C6H12ClNO5S. The quantitative estimate of drug-likeness (QED) is 0.542. The van der Waals surface area contributed by atoms with Gasteiger partial charge in [0.15, 0.2) is 0 Å². The minimum absolute atomic E-state index is 0.0246. The molecule has 1 atom stereocenters. The highest BCUT2D eigenvalue weighted by molar-refractivity contribution is 7.86. The molecule has 0 aliphatic carbocycles. The Balaban J connectivity index is 3.98. The molecule has 0 heterocycles. The Morgan fingerprint density at radius 1 is 1.57 bits per heavy atom. The Morgan fingerprint density at radius 2 is 2.14 bits per heavy atom. The van der Waals surface area contributed by atoms with Crippen molar-refractivity contribution in [3.63, 3.8) is 0 Å². The van der Waals surface area contributed by atoms with Crippen molar-refractivity contribution in [2.45, 2.75) is 6.10 Å². The minimum atomic E-state index is -3.57. The lowest BCUT2D eigenvalue weighted by Gasteiger charge is -2.13. The number of alkyl halides is 1. The molecule has 0 saturated carbocycles. The summed E-state index contributed by atoms with van der Waals surface area (Å²) in [7, 11) is -2.37. The van der Waals surface area contributed by atoms with Gasteiger partial charge in [0.2, 0.25) is 0 Å². The summed E-state index contributed by atoms with van der Waals surface area (Å²) in [6.07, 6.45) is -0.548. The number of ether oxygens (including phenoxy) is 1. The number of rotatable bonds is 5. The maximum absolute atomic E-state index is 10.7. The number of carbonyl (C=O) groups excluding carboxylic acids is 1.